The van der Waals surface area contributed by atoms with Crippen LogP contribution in [0.3, 0.4) is 0 Å². The minimum absolute atomic E-state index is 0.00150. The predicted molar refractivity (Wildman–Crippen MR) is 162 cm³/mol. The third-order valence-electron chi connectivity index (χ3n) is 8.32. The van der Waals surface area contributed by atoms with Crippen molar-refractivity contribution in [3.05, 3.63) is 82.5 Å². The van der Waals surface area contributed by atoms with Crippen LogP contribution < -0.4 is 10.6 Å². The average Bonchev–Trinajstić information content (AvgIpc) is 3.62. The van der Waals surface area contributed by atoms with E-state index in [-0.39, 0.29) is 11.3 Å². The number of hydrogen-bond donors (Lipinski definition) is 2. The van der Waals surface area contributed by atoms with E-state index in [9.17, 15) is 4.79 Å². The normalized spacial score (nSPS) is 23.4. The molecule has 2 fully saturated rings. The number of carbonyl (C=O) groups is 1. The number of amides is 1. The highest BCUT2D eigenvalue weighted by Crippen LogP contribution is 2.60. The molecule has 210 valence electrons. The maximum absolute atomic E-state index is 13.3. The molecule has 0 bridgehead atoms. The zero-order valence-corrected chi connectivity index (χ0v) is 24.4. The molecule has 1 amide bonds. The number of allylic oxidation sites excluding steroid dienone is 5. The van der Waals surface area contributed by atoms with Crippen LogP contribution in [0.1, 0.15) is 54.4 Å². The number of hydrogen-bond acceptors (Lipinski definition) is 7. The van der Waals surface area contributed by atoms with Crippen molar-refractivity contribution in [1.29, 1.82) is 0 Å². The van der Waals surface area contributed by atoms with Gasteiger partial charge in [0.2, 0.25) is 5.95 Å². The zero-order valence-electron chi connectivity index (χ0n) is 24.4. The van der Waals surface area contributed by atoms with E-state index in [1.54, 1.807) is 6.20 Å². The number of piperazine rings is 1. The first-order chi connectivity index (χ1) is 19.3. The van der Waals surface area contributed by atoms with Crippen molar-refractivity contribution in [1.82, 2.24) is 25.1 Å². The summed E-state index contributed by atoms with van der Waals surface area (Å²) in [5.74, 6) is 0.827. The van der Waals surface area contributed by atoms with E-state index in [0.717, 1.165) is 73.9 Å². The minimum Gasteiger partial charge on any atom is -0.327 e. The Labute approximate surface area is 238 Å². The molecule has 40 heavy (non-hydrogen) atoms. The van der Waals surface area contributed by atoms with Crippen LogP contribution in [0.15, 0.2) is 65.1 Å². The number of aromatic nitrogens is 2. The molecule has 0 radical (unpaired) electrons. The fourth-order valence-electron chi connectivity index (χ4n) is 5.51. The van der Waals surface area contributed by atoms with Gasteiger partial charge in [-0.25, -0.2) is 9.97 Å². The average molecular weight is 540 g/mol. The standard InChI is InChI=1S/C32H41N7O/c1-6-24(20-33-7-2)28-10-11-34-31(36-28)37-29-18-26(17-25-19-32(25,29)4)35-30(40)27-9-8-23(16-22(27)3)21-39-14-12-38(5)13-15-39/h6,8-11,16-18,20,25H,7,12-15,19,21H2,1-5H3,(H,35,40)(H,34,36,37)/b24-6+,33-20?. The third-order valence-corrected chi connectivity index (χ3v) is 8.32. The van der Waals surface area contributed by atoms with Crippen LogP contribution in [0.25, 0.3) is 5.57 Å². The molecule has 8 nitrogen and oxygen atoms in total. The molecule has 1 aromatic carbocycles. The van der Waals surface area contributed by atoms with E-state index in [1.807, 2.05) is 51.3 Å². The van der Waals surface area contributed by atoms with E-state index >= 15 is 0 Å². The van der Waals surface area contributed by atoms with Crippen molar-refractivity contribution in [2.45, 2.75) is 40.7 Å². The van der Waals surface area contributed by atoms with Crippen molar-refractivity contribution in [2.75, 3.05) is 45.1 Å². The lowest BCUT2D eigenvalue weighted by atomic mass is 9.95. The van der Waals surface area contributed by atoms with Crippen molar-refractivity contribution in [3.8, 4) is 0 Å². The summed E-state index contributed by atoms with van der Waals surface area (Å²) in [6, 6.07) is 8.09. The van der Waals surface area contributed by atoms with Crippen molar-refractivity contribution in [3.63, 3.8) is 0 Å². The van der Waals surface area contributed by atoms with Crippen LogP contribution in [0.5, 0.6) is 0 Å². The summed E-state index contributed by atoms with van der Waals surface area (Å²) in [5.41, 5.74) is 6.57. The number of rotatable bonds is 9. The van der Waals surface area contributed by atoms with Gasteiger partial charge in [0.15, 0.2) is 0 Å². The third kappa shape index (κ3) is 6.24. The fourth-order valence-corrected chi connectivity index (χ4v) is 5.51. The lowest BCUT2D eigenvalue weighted by molar-refractivity contribution is 0.0966. The highest BCUT2D eigenvalue weighted by Gasteiger charge is 2.53. The van der Waals surface area contributed by atoms with Crippen LogP contribution >= 0.6 is 0 Å². The van der Waals surface area contributed by atoms with Gasteiger partial charge in [-0.05, 0) is 69.5 Å². The number of carbonyl (C=O) groups excluding carboxylic acids is 1. The molecule has 1 saturated carbocycles. The number of aryl methyl sites for hydroxylation is 1. The van der Waals surface area contributed by atoms with Crippen LogP contribution in [-0.2, 0) is 6.54 Å². The molecular weight excluding hydrogens is 498 g/mol. The molecule has 2 unspecified atom stereocenters. The van der Waals surface area contributed by atoms with Crippen LogP contribution in [-0.4, -0.2) is 71.7 Å². The summed E-state index contributed by atoms with van der Waals surface area (Å²) >= 11 is 0. The van der Waals surface area contributed by atoms with Gasteiger partial charge in [-0.1, -0.05) is 31.2 Å². The molecule has 5 rings (SSSR count). The van der Waals surface area contributed by atoms with Crippen molar-refractivity contribution in [2.24, 2.45) is 16.3 Å². The van der Waals surface area contributed by atoms with Gasteiger partial charge in [0, 0.05) is 79.6 Å². The number of nitrogens with one attached hydrogen (secondary N) is 2. The lowest BCUT2D eigenvalue weighted by Gasteiger charge is -2.32. The summed E-state index contributed by atoms with van der Waals surface area (Å²) in [7, 11) is 2.17. The van der Waals surface area contributed by atoms with Crippen molar-refractivity contribution >= 4 is 23.6 Å². The Morgan fingerprint density at radius 1 is 1.23 bits per heavy atom. The van der Waals surface area contributed by atoms with Gasteiger partial charge in [0.1, 0.15) is 0 Å². The Bertz CT molecular complexity index is 1380. The Morgan fingerprint density at radius 2 is 2.02 bits per heavy atom. The maximum atomic E-state index is 13.3. The number of likely N-dealkylation sites (N-methyl/N-ethyl adjacent to an activating group) is 1. The monoisotopic (exact) mass is 539 g/mol. The SMILES string of the molecule is C/C=C(\C=NCC)c1ccnc(NC2=CC(NC(=O)c3ccc(CN4CCN(C)CC4)cc3C)=CC3CC23C)n1. The van der Waals surface area contributed by atoms with Gasteiger partial charge >= 0.3 is 0 Å². The first-order valence-electron chi connectivity index (χ1n) is 14.3. The highest BCUT2D eigenvalue weighted by molar-refractivity contribution is 6.08. The van der Waals surface area contributed by atoms with E-state index < -0.39 is 0 Å². The number of aliphatic imine (C=N–C) groups is 1. The number of nitrogens with zero attached hydrogens (tertiary/aromatic N) is 5. The molecule has 2 aromatic rings. The molecule has 1 aromatic heterocycles. The highest BCUT2D eigenvalue weighted by atomic mass is 16.1. The molecule has 1 aliphatic heterocycles. The maximum Gasteiger partial charge on any atom is 0.255 e. The topological polar surface area (TPSA) is 85.7 Å². The predicted octanol–water partition coefficient (Wildman–Crippen LogP) is 4.68. The number of anilines is 1. The minimum atomic E-state index is -0.0825. The molecule has 3 aliphatic rings. The van der Waals surface area contributed by atoms with Gasteiger partial charge in [-0.2, -0.15) is 0 Å². The molecule has 2 heterocycles. The summed E-state index contributed by atoms with van der Waals surface area (Å²) in [6.45, 7) is 14.2. The second kappa shape index (κ2) is 11.9. The van der Waals surface area contributed by atoms with Crippen LogP contribution in [0.4, 0.5) is 5.95 Å². The summed E-state index contributed by atoms with van der Waals surface area (Å²) in [5, 5.41) is 6.62. The Kier molecular flexibility index (Phi) is 8.28. The molecule has 8 heteroatoms. The molecular formula is C32H41N7O. The molecule has 0 spiro atoms. The molecule has 2 atom stereocenters. The summed E-state index contributed by atoms with van der Waals surface area (Å²) in [6.07, 6.45) is 10.8. The lowest BCUT2D eigenvalue weighted by Crippen LogP contribution is -2.43. The molecule has 1 saturated heterocycles. The Morgan fingerprint density at radius 3 is 2.75 bits per heavy atom. The van der Waals surface area contributed by atoms with E-state index in [1.165, 1.54) is 5.56 Å². The summed E-state index contributed by atoms with van der Waals surface area (Å²) in [4.78, 5) is 31.7. The first-order valence-corrected chi connectivity index (χ1v) is 14.3. The molecule has 2 aliphatic carbocycles. The molecule has 2 N–H and O–H groups in total. The largest absolute Gasteiger partial charge is 0.327 e. The van der Waals surface area contributed by atoms with Crippen LogP contribution in [0.2, 0.25) is 0 Å². The van der Waals surface area contributed by atoms with Crippen LogP contribution in [0, 0.1) is 18.3 Å². The van der Waals surface area contributed by atoms with Gasteiger partial charge in [0.05, 0.1) is 5.69 Å². The fraction of sp³-hybridized carbons (Fsp3) is 0.438. The van der Waals surface area contributed by atoms with E-state index in [2.05, 4.69) is 62.6 Å². The number of fused-ring (bicyclic) bond motifs is 1. The first kappa shape index (κ1) is 27.9. The van der Waals surface area contributed by atoms with E-state index in [4.69, 9.17) is 4.98 Å². The van der Waals surface area contributed by atoms with Gasteiger partial charge < -0.3 is 15.5 Å². The number of benzene rings is 1. The van der Waals surface area contributed by atoms with Crippen molar-refractivity contribution < 1.29 is 4.79 Å². The second-order valence-electron chi connectivity index (χ2n) is 11.4. The van der Waals surface area contributed by atoms with Gasteiger partial charge in [-0.15, -0.1) is 0 Å². The zero-order chi connectivity index (χ0) is 28.3. The van der Waals surface area contributed by atoms with Gasteiger partial charge in [-0.3, -0.25) is 14.7 Å². The van der Waals surface area contributed by atoms with E-state index in [0.29, 0.717) is 17.4 Å². The van der Waals surface area contributed by atoms with Gasteiger partial charge in [0.25, 0.3) is 5.91 Å². The Balaban J connectivity index is 1.27. The quantitative estimate of drug-likeness (QED) is 0.450. The second-order valence-corrected chi connectivity index (χ2v) is 11.4. The summed E-state index contributed by atoms with van der Waals surface area (Å²) < 4.78 is 0. The Hall–Kier alpha value is -3.62. The smallest absolute Gasteiger partial charge is 0.255 e.